The first-order valence-corrected chi connectivity index (χ1v) is 6.81. The summed E-state index contributed by atoms with van der Waals surface area (Å²) in [7, 11) is 0. The summed E-state index contributed by atoms with van der Waals surface area (Å²) < 4.78 is 10.9. The largest absolute Gasteiger partial charge is 0.478 e. The highest BCUT2D eigenvalue weighted by Gasteiger charge is 2.26. The van der Waals surface area contributed by atoms with Crippen LogP contribution in [0.25, 0.3) is 11.6 Å². The Morgan fingerprint density at radius 3 is 2.23 bits per heavy atom. The molecule has 1 aliphatic heterocycles. The molecular formula is C18H14O4. The van der Waals surface area contributed by atoms with Crippen molar-refractivity contribution in [2.45, 2.75) is 0 Å². The number of carboxylic acid groups (broad SMARTS) is 1. The van der Waals surface area contributed by atoms with Crippen molar-refractivity contribution in [3.05, 3.63) is 83.3 Å². The maximum atomic E-state index is 11.7. The first-order chi connectivity index (χ1) is 10.8. The third-order valence-corrected chi connectivity index (χ3v) is 3.24. The van der Waals surface area contributed by atoms with Gasteiger partial charge in [-0.15, -0.1) is 0 Å². The average molecular weight is 294 g/mol. The lowest BCUT2D eigenvalue weighted by molar-refractivity contribution is -0.130. The number of carbonyl (C=O) groups is 1. The van der Waals surface area contributed by atoms with Crippen molar-refractivity contribution in [2.75, 3.05) is 6.79 Å². The van der Waals surface area contributed by atoms with Crippen LogP contribution in [0.4, 0.5) is 0 Å². The molecule has 0 unspecified atom stereocenters. The van der Waals surface area contributed by atoms with Crippen molar-refractivity contribution >= 4 is 17.6 Å². The van der Waals surface area contributed by atoms with Gasteiger partial charge >= 0.3 is 5.97 Å². The molecule has 0 saturated carbocycles. The highest BCUT2D eigenvalue weighted by molar-refractivity contribution is 6.17. The van der Waals surface area contributed by atoms with Gasteiger partial charge < -0.3 is 14.6 Å². The number of aliphatic carboxylic acids is 1. The van der Waals surface area contributed by atoms with Crippen LogP contribution in [0.15, 0.2) is 72.2 Å². The number of hydrogen-bond donors (Lipinski definition) is 1. The van der Waals surface area contributed by atoms with Crippen molar-refractivity contribution in [2.24, 2.45) is 0 Å². The molecule has 0 amide bonds. The summed E-state index contributed by atoms with van der Waals surface area (Å²) in [6.45, 7) is 0.0115. The van der Waals surface area contributed by atoms with Crippen LogP contribution in [0.2, 0.25) is 0 Å². The van der Waals surface area contributed by atoms with Crippen molar-refractivity contribution in [1.29, 1.82) is 0 Å². The lowest BCUT2D eigenvalue weighted by atomic mass is 10.0. The van der Waals surface area contributed by atoms with Gasteiger partial charge in [-0.3, -0.25) is 0 Å². The van der Waals surface area contributed by atoms with Crippen molar-refractivity contribution in [3.63, 3.8) is 0 Å². The van der Waals surface area contributed by atoms with Gasteiger partial charge in [0.05, 0.1) is 0 Å². The van der Waals surface area contributed by atoms with Crippen LogP contribution in [0.5, 0.6) is 0 Å². The maximum Gasteiger partial charge on any atom is 0.340 e. The molecule has 4 nitrogen and oxygen atoms in total. The van der Waals surface area contributed by atoms with Crippen LogP contribution in [-0.2, 0) is 14.3 Å². The van der Waals surface area contributed by atoms with Crippen LogP contribution in [0, 0.1) is 0 Å². The van der Waals surface area contributed by atoms with Crippen LogP contribution < -0.4 is 0 Å². The predicted octanol–water partition coefficient (Wildman–Crippen LogP) is 3.53. The molecule has 0 aliphatic carbocycles. The molecule has 1 N–H and O–H groups in total. The standard InChI is InChI=1S/C18H14O4/c19-18(20)16(14-9-5-2-6-10-14)17-15(21-12-22-17)11-13-7-3-1-4-8-13/h1-11H,12H2,(H,19,20)/b15-11-,17-16+. The van der Waals surface area contributed by atoms with E-state index in [4.69, 9.17) is 9.47 Å². The van der Waals surface area contributed by atoms with E-state index in [9.17, 15) is 9.90 Å². The summed E-state index contributed by atoms with van der Waals surface area (Å²) in [5.74, 6) is -0.374. The highest BCUT2D eigenvalue weighted by atomic mass is 16.7. The minimum atomic E-state index is -1.05. The Hall–Kier alpha value is -3.01. The molecule has 22 heavy (non-hydrogen) atoms. The smallest absolute Gasteiger partial charge is 0.340 e. The Morgan fingerprint density at radius 1 is 0.955 bits per heavy atom. The molecule has 1 aliphatic rings. The van der Waals surface area contributed by atoms with Gasteiger partial charge in [0.2, 0.25) is 6.79 Å². The average Bonchev–Trinajstić information content (AvgIpc) is 2.97. The van der Waals surface area contributed by atoms with Crippen LogP contribution in [-0.4, -0.2) is 17.9 Å². The van der Waals surface area contributed by atoms with E-state index in [1.165, 1.54) is 0 Å². The zero-order valence-electron chi connectivity index (χ0n) is 11.7. The Balaban J connectivity index is 2.10. The van der Waals surface area contributed by atoms with Crippen molar-refractivity contribution in [1.82, 2.24) is 0 Å². The van der Waals surface area contributed by atoms with Gasteiger partial charge in [-0.05, 0) is 17.2 Å². The fourth-order valence-electron chi connectivity index (χ4n) is 2.25. The fourth-order valence-corrected chi connectivity index (χ4v) is 2.25. The third-order valence-electron chi connectivity index (χ3n) is 3.24. The van der Waals surface area contributed by atoms with E-state index < -0.39 is 5.97 Å². The second-order valence-corrected chi connectivity index (χ2v) is 4.70. The van der Waals surface area contributed by atoms with Gasteiger partial charge in [0, 0.05) is 0 Å². The SMILES string of the molecule is O=C(O)/C(=C1/OCO/C1=C\c1ccccc1)c1ccccc1. The first kappa shape index (κ1) is 13.9. The fraction of sp³-hybridized carbons (Fsp3) is 0.0556. The summed E-state index contributed by atoms with van der Waals surface area (Å²) in [6, 6.07) is 18.4. The minimum Gasteiger partial charge on any atom is -0.478 e. The molecule has 0 atom stereocenters. The highest BCUT2D eigenvalue weighted by Crippen LogP contribution is 2.31. The molecular weight excluding hydrogens is 280 g/mol. The molecule has 110 valence electrons. The van der Waals surface area contributed by atoms with Crippen LogP contribution in [0.1, 0.15) is 11.1 Å². The van der Waals surface area contributed by atoms with E-state index in [-0.39, 0.29) is 18.1 Å². The summed E-state index contributed by atoms with van der Waals surface area (Å²) in [5.41, 5.74) is 1.59. The Morgan fingerprint density at radius 2 is 1.59 bits per heavy atom. The molecule has 3 rings (SSSR count). The normalized spacial score (nSPS) is 17.7. The van der Waals surface area contributed by atoms with Gasteiger partial charge in [-0.1, -0.05) is 60.7 Å². The summed E-state index contributed by atoms with van der Waals surface area (Å²) in [5, 5.41) is 9.55. The molecule has 1 saturated heterocycles. The lowest BCUT2D eigenvalue weighted by Crippen LogP contribution is -2.04. The Labute approximate surface area is 127 Å². The molecule has 0 spiro atoms. The quantitative estimate of drug-likeness (QED) is 0.880. The number of hydrogen-bond acceptors (Lipinski definition) is 3. The van der Waals surface area contributed by atoms with Crippen LogP contribution in [0.3, 0.4) is 0 Å². The van der Waals surface area contributed by atoms with E-state index in [1.807, 2.05) is 36.4 Å². The lowest BCUT2D eigenvalue weighted by Gasteiger charge is -2.06. The van der Waals surface area contributed by atoms with E-state index in [0.29, 0.717) is 11.3 Å². The van der Waals surface area contributed by atoms with E-state index in [0.717, 1.165) is 5.56 Å². The van der Waals surface area contributed by atoms with Gasteiger partial charge in [-0.2, -0.15) is 0 Å². The predicted molar refractivity (Wildman–Crippen MR) is 82.5 cm³/mol. The third kappa shape index (κ3) is 2.86. The Bertz CT molecular complexity index is 730. The van der Waals surface area contributed by atoms with Gasteiger partial charge in [0.1, 0.15) is 5.57 Å². The first-order valence-electron chi connectivity index (χ1n) is 6.81. The number of carboxylic acids is 1. The van der Waals surface area contributed by atoms with E-state index in [2.05, 4.69) is 0 Å². The van der Waals surface area contributed by atoms with Crippen LogP contribution >= 0.6 is 0 Å². The molecule has 0 bridgehead atoms. The maximum absolute atomic E-state index is 11.7. The molecule has 4 heteroatoms. The van der Waals surface area contributed by atoms with Gasteiger partial charge in [-0.25, -0.2) is 4.79 Å². The number of benzene rings is 2. The number of ether oxygens (including phenoxy) is 2. The van der Waals surface area contributed by atoms with E-state index >= 15 is 0 Å². The zero-order chi connectivity index (χ0) is 15.4. The summed E-state index contributed by atoms with van der Waals surface area (Å²) in [6.07, 6.45) is 1.77. The zero-order valence-corrected chi connectivity index (χ0v) is 11.7. The molecule has 0 aromatic heterocycles. The van der Waals surface area contributed by atoms with Crippen molar-refractivity contribution < 1.29 is 19.4 Å². The van der Waals surface area contributed by atoms with Crippen molar-refractivity contribution in [3.8, 4) is 0 Å². The molecule has 1 fully saturated rings. The Kier molecular flexibility index (Phi) is 3.92. The molecule has 2 aromatic carbocycles. The summed E-state index contributed by atoms with van der Waals surface area (Å²) in [4.78, 5) is 11.7. The number of rotatable bonds is 3. The topological polar surface area (TPSA) is 55.8 Å². The van der Waals surface area contributed by atoms with Gasteiger partial charge in [0.15, 0.2) is 11.5 Å². The minimum absolute atomic E-state index is 0.0115. The van der Waals surface area contributed by atoms with E-state index in [1.54, 1.807) is 30.3 Å². The van der Waals surface area contributed by atoms with Gasteiger partial charge in [0.25, 0.3) is 0 Å². The second kappa shape index (κ2) is 6.18. The second-order valence-electron chi connectivity index (χ2n) is 4.70. The summed E-state index contributed by atoms with van der Waals surface area (Å²) >= 11 is 0. The molecule has 2 aromatic rings. The monoisotopic (exact) mass is 294 g/mol. The molecule has 0 radical (unpaired) electrons. The molecule has 1 heterocycles.